The average molecular weight is 492 g/mol. The number of nitrogen functional groups attached to an aromatic ring is 1. The summed E-state index contributed by atoms with van der Waals surface area (Å²) in [5, 5.41) is 9.35. The van der Waals surface area contributed by atoms with Crippen molar-refractivity contribution in [3.05, 3.63) is 94.2 Å². The highest BCUT2D eigenvalue weighted by molar-refractivity contribution is 6.30. The number of carbonyl (C=O) groups excluding carboxylic acids is 2. The molecule has 0 aromatic heterocycles. The lowest BCUT2D eigenvalue weighted by molar-refractivity contribution is -0.117. The number of benzene rings is 2. The molecule has 0 spiro atoms. The van der Waals surface area contributed by atoms with Gasteiger partial charge < -0.3 is 21.7 Å². The number of carbonyl (C=O) groups is 2. The molecule has 1 atom stereocenters. The van der Waals surface area contributed by atoms with E-state index in [-0.39, 0.29) is 24.4 Å². The fourth-order valence-electron chi connectivity index (χ4n) is 3.38. The van der Waals surface area contributed by atoms with Crippen molar-refractivity contribution in [1.29, 1.82) is 0 Å². The molecule has 1 heterocycles. The number of anilines is 2. The molecule has 0 aliphatic carbocycles. The largest absolute Gasteiger partial charge is 0.397 e. The molecule has 8 heteroatoms. The van der Waals surface area contributed by atoms with E-state index in [1.165, 1.54) is 0 Å². The molecule has 0 fully saturated rings. The summed E-state index contributed by atoms with van der Waals surface area (Å²) in [5.74, 6) is -0.483. The van der Waals surface area contributed by atoms with Crippen LogP contribution >= 0.6 is 11.6 Å². The molecule has 2 aromatic rings. The minimum absolute atomic E-state index is 0.0711. The number of aliphatic imine (C=N–C) groups is 1. The Balaban J connectivity index is 1.62. The number of nitrogens with zero attached hydrogens (tertiary/aromatic N) is 1. The molecule has 5 N–H and O–H groups in total. The van der Waals surface area contributed by atoms with E-state index in [1.54, 1.807) is 42.6 Å². The fourth-order valence-corrected chi connectivity index (χ4v) is 3.51. The predicted molar refractivity (Wildman–Crippen MR) is 143 cm³/mol. The zero-order chi connectivity index (χ0) is 25.2. The molecule has 0 saturated heterocycles. The first-order valence-electron chi connectivity index (χ1n) is 11.4. The minimum atomic E-state index is -0.325. The van der Waals surface area contributed by atoms with Crippen molar-refractivity contribution < 1.29 is 9.59 Å². The van der Waals surface area contributed by atoms with Crippen LogP contribution in [-0.4, -0.2) is 24.7 Å². The Labute approximate surface area is 210 Å². The Morgan fingerprint density at radius 3 is 2.63 bits per heavy atom. The molecule has 3 rings (SSSR count). The minimum Gasteiger partial charge on any atom is -0.397 e. The monoisotopic (exact) mass is 491 g/mol. The number of nitrogens with one attached hydrogen (secondary N) is 3. The van der Waals surface area contributed by atoms with Gasteiger partial charge in [0.25, 0.3) is 11.8 Å². The van der Waals surface area contributed by atoms with E-state index in [1.807, 2.05) is 31.2 Å². The van der Waals surface area contributed by atoms with Crippen LogP contribution in [0, 0.1) is 5.92 Å². The number of para-hydroxylation sites is 1. The molecule has 7 nitrogen and oxygen atoms in total. The van der Waals surface area contributed by atoms with Crippen LogP contribution in [0.5, 0.6) is 0 Å². The van der Waals surface area contributed by atoms with E-state index < -0.39 is 0 Å². The third kappa shape index (κ3) is 7.32. The molecular weight excluding hydrogens is 462 g/mol. The fraction of sp³-hybridized carbons (Fsp3) is 0.222. The van der Waals surface area contributed by atoms with E-state index >= 15 is 0 Å². The van der Waals surface area contributed by atoms with Crippen LogP contribution in [0.4, 0.5) is 11.4 Å². The molecule has 35 heavy (non-hydrogen) atoms. The second-order valence-corrected chi connectivity index (χ2v) is 8.47. The van der Waals surface area contributed by atoms with E-state index in [0.29, 0.717) is 34.2 Å². The number of nitrogens with two attached hydrogens (primary N) is 1. The van der Waals surface area contributed by atoms with Crippen molar-refractivity contribution in [1.82, 2.24) is 10.6 Å². The summed E-state index contributed by atoms with van der Waals surface area (Å²) in [4.78, 5) is 29.7. The molecule has 0 bridgehead atoms. The number of hydrogen-bond acceptors (Lipinski definition) is 5. The van der Waals surface area contributed by atoms with Crippen LogP contribution in [0.25, 0.3) is 0 Å². The van der Waals surface area contributed by atoms with Gasteiger partial charge in [-0.1, -0.05) is 61.9 Å². The van der Waals surface area contributed by atoms with Gasteiger partial charge in [-0.2, -0.15) is 0 Å². The van der Waals surface area contributed by atoms with Crippen molar-refractivity contribution in [2.45, 2.75) is 26.8 Å². The maximum atomic E-state index is 12.8. The van der Waals surface area contributed by atoms with Crippen molar-refractivity contribution in [2.75, 3.05) is 17.7 Å². The lowest BCUT2D eigenvalue weighted by Crippen LogP contribution is -2.32. The van der Waals surface area contributed by atoms with E-state index in [4.69, 9.17) is 17.3 Å². The maximum Gasteiger partial charge on any atom is 0.271 e. The summed E-state index contributed by atoms with van der Waals surface area (Å²) >= 11 is 5.91. The summed E-state index contributed by atoms with van der Waals surface area (Å²) in [6, 6.07) is 12.3. The Hall–Kier alpha value is -3.84. The van der Waals surface area contributed by atoms with E-state index in [9.17, 15) is 9.59 Å². The van der Waals surface area contributed by atoms with Gasteiger partial charge in [-0.25, -0.2) is 0 Å². The highest BCUT2D eigenvalue weighted by Crippen LogP contribution is 2.24. The van der Waals surface area contributed by atoms with Gasteiger partial charge in [0.15, 0.2) is 0 Å². The summed E-state index contributed by atoms with van der Waals surface area (Å²) < 4.78 is 0. The zero-order valence-electron chi connectivity index (χ0n) is 19.8. The molecule has 0 saturated carbocycles. The Kier molecular flexibility index (Phi) is 9.26. The quantitative estimate of drug-likeness (QED) is 0.297. The lowest BCUT2D eigenvalue weighted by atomic mass is 9.98. The van der Waals surface area contributed by atoms with Crippen molar-refractivity contribution in [2.24, 2.45) is 10.9 Å². The second-order valence-electron chi connectivity index (χ2n) is 8.04. The van der Waals surface area contributed by atoms with Gasteiger partial charge in [-0.3, -0.25) is 14.6 Å². The molecule has 2 amide bonds. The Bertz CT molecular complexity index is 1180. The predicted octanol–water partition coefficient (Wildman–Crippen LogP) is 4.83. The molecule has 1 aliphatic heterocycles. The van der Waals surface area contributed by atoms with Crippen LogP contribution in [0.2, 0.25) is 5.02 Å². The zero-order valence-corrected chi connectivity index (χ0v) is 20.6. The highest BCUT2D eigenvalue weighted by Gasteiger charge is 2.17. The van der Waals surface area contributed by atoms with Crippen molar-refractivity contribution in [3.8, 4) is 0 Å². The third-order valence-electron chi connectivity index (χ3n) is 5.38. The van der Waals surface area contributed by atoms with Crippen molar-refractivity contribution >= 4 is 41.0 Å². The molecule has 2 aromatic carbocycles. The summed E-state index contributed by atoms with van der Waals surface area (Å²) in [6.45, 7) is 4.51. The van der Waals surface area contributed by atoms with Gasteiger partial charge in [-0.15, -0.1) is 0 Å². The van der Waals surface area contributed by atoms with Crippen molar-refractivity contribution in [3.63, 3.8) is 0 Å². The van der Waals surface area contributed by atoms with Crippen LogP contribution in [0.3, 0.4) is 0 Å². The third-order valence-corrected chi connectivity index (χ3v) is 5.63. The van der Waals surface area contributed by atoms with Crippen LogP contribution in [0.1, 0.15) is 36.2 Å². The Morgan fingerprint density at radius 2 is 1.89 bits per heavy atom. The van der Waals surface area contributed by atoms with Gasteiger partial charge in [0.1, 0.15) is 5.70 Å². The van der Waals surface area contributed by atoms with Crippen LogP contribution < -0.4 is 21.7 Å². The topological polar surface area (TPSA) is 109 Å². The summed E-state index contributed by atoms with van der Waals surface area (Å²) in [6.07, 6.45) is 10.5. The average Bonchev–Trinajstić information content (AvgIpc) is 2.85. The number of amides is 2. The standard InChI is InChI=1S/C27H30ClN5O2/c1-3-4-5-7-20-14-24(30-15-18(20)2)27(35)33-17-32-25-22(8-6-9-23(25)29)26(34)31-16-19-10-12-21(28)13-11-19/h4-15,18,32H,3,16-17,29H2,1-2H3,(H,31,34)(H,33,35)/b5-4-,20-7-. The lowest BCUT2D eigenvalue weighted by Gasteiger charge is -2.17. The first-order chi connectivity index (χ1) is 16.9. The van der Waals surface area contributed by atoms with Crippen LogP contribution in [-0.2, 0) is 11.3 Å². The molecule has 1 aliphatic rings. The normalized spacial score (nSPS) is 16.3. The van der Waals surface area contributed by atoms with Gasteiger partial charge in [0, 0.05) is 23.7 Å². The smallest absolute Gasteiger partial charge is 0.271 e. The van der Waals surface area contributed by atoms with Gasteiger partial charge in [0.05, 0.1) is 23.6 Å². The molecule has 1 unspecified atom stereocenters. The number of rotatable bonds is 9. The van der Waals surface area contributed by atoms with E-state index in [0.717, 1.165) is 17.6 Å². The molecular formula is C27H30ClN5O2. The van der Waals surface area contributed by atoms with Gasteiger partial charge in [0.2, 0.25) is 0 Å². The van der Waals surface area contributed by atoms with Crippen LogP contribution in [0.15, 0.2) is 83.0 Å². The molecule has 182 valence electrons. The summed E-state index contributed by atoms with van der Waals surface area (Å²) in [5.41, 5.74) is 9.59. The first-order valence-corrected chi connectivity index (χ1v) is 11.8. The summed E-state index contributed by atoms with van der Waals surface area (Å²) in [7, 11) is 0. The van der Waals surface area contributed by atoms with E-state index in [2.05, 4.69) is 33.9 Å². The number of allylic oxidation sites excluding steroid dienone is 5. The first kappa shape index (κ1) is 25.8. The Morgan fingerprint density at radius 1 is 1.11 bits per heavy atom. The maximum absolute atomic E-state index is 12.8. The number of hydrogen-bond donors (Lipinski definition) is 4. The van der Waals surface area contributed by atoms with Gasteiger partial charge in [-0.05, 0) is 47.9 Å². The van der Waals surface area contributed by atoms with Gasteiger partial charge >= 0.3 is 0 Å². The SMILES string of the molecule is CC/C=C\C=C1\C=C(C(=O)NCNc2c(N)cccc2C(=O)NCc2ccc(Cl)cc2)N=CC1C. The molecule has 0 radical (unpaired) electrons. The number of halogens is 1. The highest BCUT2D eigenvalue weighted by atomic mass is 35.5. The second kappa shape index (κ2) is 12.6.